The summed E-state index contributed by atoms with van der Waals surface area (Å²) in [6.45, 7) is 2.03. The summed E-state index contributed by atoms with van der Waals surface area (Å²) in [5.74, 6) is -0.447. The maximum atomic E-state index is 13.7. The number of hydrogen-bond acceptors (Lipinski definition) is 4. The number of para-hydroxylation sites is 1. The predicted molar refractivity (Wildman–Crippen MR) is 102 cm³/mol. The number of nitrogens with zero attached hydrogens (tertiary/aromatic N) is 2. The summed E-state index contributed by atoms with van der Waals surface area (Å²) in [5, 5.41) is 3.01. The second kappa shape index (κ2) is 8.29. The SMILES string of the molecule is Cc1cccc(CSc2ncc(Cl)c(C(=O)Nc3ccccc3F)n2)c1. The van der Waals surface area contributed by atoms with Crippen LogP contribution in [0.25, 0.3) is 0 Å². The molecule has 0 radical (unpaired) electrons. The Morgan fingerprint density at radius 2 is 2.04 bits per heavy atom. The van der Waals surface area contributed by atoms with E-state index >= 15 is 0 Å². The molecular formula is C19H15ClFN3OS. The summed E-state index contributed by atoms with van der Waals surface area (Å²) in [7, 11) is 0. The molecule has 1 aromatic heterocycles. The number of halogens is 2. The molecule has 7 heteroatoms. The van der Waals surface area contributed by atoms with Crippen LogP contribution in [0.4, 0.5) is 10.1 Å². The highest BCUT2D eigenvalue weighted by atomic mass is 35.5. The number of thioether (sulfide) groups is 1. The molecule has 1 amide bonds. The summed E-state index contributed by atoms with van der Waals surface area (Å²) in [4.78, 5) is 20.8. The molecule has 3 aromatic rings. The molecule has 0 atom stereocenters. The highest BCUT2D eigenvalue weighted by Crippen LogP contribution is 2.23. The van der Waals surface area contributed by atoms with Gasteiger partial charge in [-0.3, -0.25) is 4.79 Å². The van der Waals surface area contributed by atoms with Gasteiger partial charge in [-0.05, 0) is 24.6 Å². The number of anilines is 1. The summed E-state index contributed by atoms with van der Waals surface area (Å²) >= 11 is 7.44. The number of rotatable bonds is 5. The highest BCUT2D eigenvalue weighted by molar-refractivity contribution is 7.98. The van der Waals surface area contributed by atoms with E-state index in [1.165, 1.54) is 35.7 Å². The Hall–Kier alpha value is -2.44. The lowest BCUT2D eigenvalue weighted by atomic mass is 10.2. The van der Waals surface area contributed by atoms with Gasteiger partial charge < -0.3 is 5.32 Å². The second-order valence-corrected chi connectivity index (χ2v) is 6.91. The number of carbonyl (C=O) groups is 1. The van der Waals surface area contributed by atoms with Crippen molar-refractivity contribution >= 4 is 35.0 Å². The lowest BCUT2D eigenvalue weighted by molar-refractivity contribution is 0.102. The Balaban J connectivity index is 1.74. The molecule has 0 unspecified atom stereocenters. The van der Waals surface area contributed by atoms with Crippen molar-refractivity contribution in [1.82, 2.24) is 9.97 Å². The third-order valence-electron chi connectivity index (χ3n) is 3.51. The van der Waals surface area contributed by atoms with E-state index < -0.39 is 11.7 Å². The van der Waals surface area contributed by atoms with Crippen molar-refractivity contribution in [3.05, 3.63) is 82.4 Å². The Morgan fingerprint density at radius 3 is 2.81 bits per heavy atom. The summed E-state index contributed by atoms with van der Waals surface area (Å²) < 4.78 is 13.7. The topological polar surface area (TPSA) is 54.9 Å². The van der Waals surface area contributed by atoms with Gasteiger partial charge in [0.05, 0.1) is 16.9 Å². The fourth-order valence-corrected chi connectivity index (χ4v) is 3.21. The monoisotopic (exact) mass is 387 g/mol. The average Bonchev–Trinajstić information content (AvgIpc) is 2.63. The zero-order chi connectivity index (χ0) is 18.5. The molecule has 3 rings (SSSR count). The van der Waals surface area contributed by atoms with E-state index in [0.29, 0.717) is 10.9 Å². The summed E-state index contributed by atoms with van der Waals surface area (Å²) in [6, 6.07) is 14.0. The molecule has 0 spiro atoms. The largest absolute Gasteiger partial charge is 0.318 e. The molecule has 0 aliphatic carbocycles. The Morgan fingerprint density at radius 1 is 1.23 bits per heavy atom. The number of amides is 1. The molecule has 2 aromatic carbocycles. The van der Waals surface area contributed by atoms with Crippen LogP contribution in [0, 0.1) is 12.7 Å². The van der Waals surface area contributed by atoms with Gasteiger partial charge in [0.2, 0.25) is 0 Å². The first-order valence-electron chi connectivity index (χ1n) is 7.79. The van der Waals surface area contributed by atoms with E-state index in [1.54, 1.807) is 12.1 Å². The minimum absolute atomic E-state index is 0.0108. The average molecular weight is 388 g/mol. The van der Waals surface area contributed by atoms with Crippen LogP contribution in [0.15, 0.2) is 59.9 Å². The zero-order valence-corrected chi connectivity index (χ0v) is 15.4. The van der Waals surface area contributed by atoms with Crippen LogP contribution < -0.4 is 5.32 Å². The van der Waals surface area contributed by atoms with Gasteiger partial charge >= 0.3 is 0 Å². The quantitative estimate of drug-likeness (QED) is 0.487. The van der Waals surface area contributed by atoms with Gasteiger partial charge in [-0.15, -0.1) is 0 Å². The van der Waals surface area contributed by atoms with E-state index in [2.05, 4.69) is 21.4 Å². The molecule has 0 bridgehead atoms. The van der Waals surface area contributed by atoms with Crippen LogP contribution in [0.2, 0.25) is 5.02 Å². The zero-order valence-electron chi connectivity index (χ0n) is 13.9. The number of aromatic nitrogens is 2. The Kier molecular flexibility index (Phi) is 5.85. The molecule has 0 saturated carbocycles. The van der Waals surface area contributed by atoms with E-state index in [4.69, 9.17) is 11.6 Å². The number of nitrogens with one attached hydrogen (secondary N) is 1. The maximum absolute atomic E-state index is 13.7. The molecule has 26 heavy (non-hydrogen) atoms. The fourth-order valence-electron chi connectivity index (χ4n) is 2.27. The molecule has 1 N–H and O–H groups in total. The number of benzene rings is 2. The van der Waals surface area contributed by atoms with Crippen molar-refractivity contribution < 1.29 is 9.18 Å². The molecule has 0 aliphatic heterocycles. The van der Waals surface area contributed by atoms with Crippen LogP contribution in [0.1, 0.15) is 21.6 Å². The normalized spacial score (nSPS) is 10.6. The number of aryl methyl sites for hydroxylation is 1. The number of carbonyl (C=O) groups excluding carboxylic acids is 1. The molecule has 0 saturated heterocycles. The third kappa shape index (κ3) is 4.59. The van der Waals surface area contributed by atoms with E-state index in [-0.39, 0.29) is 16.4 Å². The van der Waals surface area contributed by atoms with Crippen LogP contribution in [-0.4, -0.2) is 15.9 Å². The molecule has 1 heterocycles. The van der Waals surface area contributed by atoms with Crippen LogP contribution in [0.3, 0.4) is 0 Å². The van der Waals surface area contributed by atoms with Crippen LogP contribution >= 0.6 is 23.4 Å². The maximum Gasteiger partial charge on any atom is 0.276 e. The summed E-state index contributed by atoms with van der Waals surface area (Å²) in [6.07, 6.45) is 1.38. The minimum Gasteiger partial charge on any atom is -0.318 e. The van der Waals surface area contributed by atoms with Crippen molar-refractivity contribution in [2.45, 2.75) is 17.8 Å². The molecule has 4 nitrogen and oxygen atoms in total. The molecule has 0 aliphatic rings. The van der Waals surface area contributed by atoms with Crippen molar-refractivity contribution in [2.24, 2.45) is 0 Å². The summed E-state index contributed by atoms with van der Waals surface area (Å²) in [5.41, 5.74) is 2.38. The van der Waals surface area contributed by atoms with Crippen LogP contribution in [0.5, 0.6) is 0 Å². The van der Waals surface area contributed by atoms with Gasteiger partial charge in [0.15, 0.2) is 10.9 Å². The van der Waals surface area contributed by atoms with Crippen molar-refractivity contribution in [1.29, 1.82) is 0 Å². The lowest BCUT2D eigenvalue weighted by Crippen LogP contribution is -2.16. The fraction of sp³-hybridized carbons (Fsp3) is 0.105. The first-order valence-corrected chi connectivity index (χ1v) is 9.16. The predicted octanol–water partition coefficient (Wildman–Crippen LogP) is 5.12. The van der Waals surface area contributed by atoms with Gasteiger partial charge in [-0.2, -0.15) is 0 Å². The standard InChI is InChI=1S/C19H15ClFN3OS/c1-12-5-4-6-13(9-12)11-26-19-22-10-14(20)17(24-19)18(25)23-16-8-3-2-7-15(16)21/h2-10H,11H2,1H3,(H,23,25). The second-order valence-electron chi connectivity index (χ2n) is 5.56. The van der Waals surface area contributed by atoms with Crippen molar-refractivity contribution in [3.63, 3.8) is 0 Å². The molecular weight excluding hydrogens is 373 g/mol. The lowest BCUT2D eigenvalue weighted by Gasteiger charge is -2.08. The van der Waals surface area contributed by atoms with E-state index in [1.807, 2.05) is 25.1 Å². The first-order chi connectivity index (χ1) is 12.5. The smallest absolute Gasteiger partial charge is 0.276 e. The van der Waals surface area contributed by atoms with Gasteiger partial charge in [-0.25, -0.2) is 14.4 Å². The third-order valence-corrected chi connectivity index (χ3v) is 4.72. The van der Waals surface area contributed by atoms with Crippen molar-refractivity contribution in [3.8, 4) is 0 Å². The van der Waals surface area contributed by atoms with Gasteiger partial charge in [0.25, 0.3) is 5.91 Å². The van der Waals surface area contributed by atoms with Crippen molar-refractivity contribution in [2.75, 3.05) is 5.32 Å². The van der Waals surface area contributed by atoms with Crippen LogP contribution in [-0.2, 0) is 5.75 Å². The van der Waals surface area contributed by atoms with E-state index in [9.17, 15) is 9.18 Å². The van der Waals surface area contributed by atoms with Gasteiger partial charge in [0.1, 0.15) is 5.82 Å². The van der Waals surface area contributed by atoms with E-state index in [0.717, 1.165) is 5.56 Å². The first kappa shape index (κ1) is 18.4. The number of hydrogen-bond donors (Lipinski definition) is 1. The Bertz CT molecular complexity index is 952. The van der Waals surface area contributed by atoms with Gasteiger partial charge in [-0.1, -0.05) is 65.3 Å². The highest BCUT2D eigenvalue weighted by Gasteiger charge is 2.16. The molecule has 132 valence electrons. The van der Waals surface area contributed by atoms with Gasteiger partial charge in [0, 0.05) is 5.75 Å². The molecule has 0 fully saturated rings. The Labute approximate surface area is 159 Å². The minimum atomic E-state index is -0.583.